The number of hydrogen-bond donors (Lipinski definition) is 1. The summed E-state index contributed by atoms with van der Waals surface area (Å²) in [6, 6.07) is 3.54. The van der Waals surface area contributed by atoms with Crippen LogP contribution in [0.4, 0.5) is 5.13 Å². The number of hydrogen-bond acceptors (Lipinski definition) is 5. The minimum absolute atomic E-state index is 0.0132. The number of carbonyl (C=O) groups is 2. The molecular formula is C16H16N4O2S. The number of anilines is 1. The second-order valence-corrected chi connectivity index (χ2v) is 6.95. The van der Waals surface area contributed by atoms with E-state index in [0.717, 1.165) is 29.8 Å². The van der Waals surface area contributed by atoms with E-state index in [1.165, 1.54) is 11.3 Å². The highest BCUT2D eigenvalue weighted by atomic mass is 32.1. The van der Waals surface area contributed by atoms with E-state index >= 15 is 0 Å². The molecule has 2 amide bonds. The molecule has 0 radical (unpaired) electrons. The lowest BCUT2D eigenvalue weighted by Crippen LogP contribution is -2.35. The van der Waals surface area contributed by atoms with E-state index in [2.05, 4.69) is 15.3 Å². The van der Waals surface area contributed by atoms with Gasteiger partial charge < -0.3 is 10.2 Å². The van der Waals surface area contributed by atoms with Gasteiger partial charge in [0.2, 0.25) is 5.91 Å². The summed E-state index contributed by atoms with van der Waals surface area (Å²) in [5.74, 6) is 0.222. The van der Waals surface area contributed by atoms with Crippen molar-refractivity contribution in [3.63, 3.8) is 0 Å². The van der Waals surface area contributed by atoms with Gasteiger partial charge in [0.15, 0.2) is 5.13 Å². The molecule has 2 aromatic rings. The lowest BCUT2D eigenvalue weighted by Gasteiger charge is -2.25. The van der Waals surface area contributed by atoms with Gasteiger partial charge in [-0.25, -0.2) is 4.98 Å². The van der Waals surface area contributed by atoms with Crippen LogP contribution in [-0.2, 0) is 17.8 Å². The molecule has 3 heterocycles. The number of carbonyl (C=O) groups excluding carboxylic acids is 2. The van der Waals surface area contributed by atoms with Crippen LogP contribution >= 0.6 is 11.3 Å². The highest BCUT2D eigenvalue weighted by Gasteiger charge is 2.31. The van der Waals surface area contributed by atoms with Gasteiger partial charge in [0.25, 0.3) is 5.91 Å². The van der Waals surface area contributed by atoms with Gasteiger partial charge in [-0.1, -0.05) is 11.3 Å². The molecule has 2 aliphatic rings. The number of pyridine rings is 1. The van der Waals surface area contributed by atoms with Gasteiger partial charge in [-0.2, -0.15) is 0 Å². The SMILES string of the molecule is O=C(Nc1nc2c(s1)CN(C(=O)c1cccnc1)CC2)C1CC1. The Kier molecular flexibility index (Phi) is 3.57. The van der Waals surface area contributed by atoms with Crippen LogP contribution in [0.3, 0.4) is 0 Å². The van der Waals surface area contributed by atoms with E-state index in [1.807, 2.05) is 4.90 Å². The maximum atomic E-state index is 12.5. The minimum atomic E-state index is -0.0132. The molecular weight excluding hydrogens is 312 g/mol. The maximum Gasteiger partial charge on any atom is 0.255 e. The van der Waals surface area contributed by atoms with Crippen LogP contribution < -0.4 is 5.32 Å². The van der Waals surface area contributed by atoms with Crippen molar-refractivity contribution in [2.45, 2.75) is 25.8 Å². The van der Waals surface area contributed by atoms with Crippen LogP contribution in [0.25, 0.3) is 0 Å². The second kappa shape index (κ2) is 5.73. The van der Waals surface area contributed by atoms with Crippen molar-refractivity contribution in [2.24, 2.45) is 5.92 Å². The Morgan fingerprint density at radius 2 is 2.22 bits per heavy atom. The van der Waals surface area contributed by atoms with E-state index in [0.29, 0.717) is 23.8 Å². The van der Waals surface area contributed by atoms with E-state index in [4.69, 9.17) is 0 Å². The molecule has 0 bridgehead atoms. The monoisotopic (exact) mass is 328 g/mol. The fourth-order valence-corrected chi connectivity index (χ4v) is 3.67. The number of nitrogens with zero attached hydrogens (tertiary/aromatic N) is 3. The topological polar surface area (TPSA) is 75.2 Å². The molecule has 1 N–H and O–H groups in total. The zero-order chi connectivity index (χ0) is 15.8. The van der Waals surface area contributed by atoms with E-state index in [-0.39, 0.29) is 17.7 Å². The van der Waals surface area contributed by atoms with Crippen molar-refractivity contribution in [3.8, 4) is 0 Å². The summed E-state index contributed by atoms with van der Waals surface area (Å²) in [7, 11) is 0. The number of aromatic nitrogens is 2. The van der Waals surface area contributed by atoms with Crippen molar-refractivity contribution < 1.29 is 9.59 Å². The zero-order valence-electron chi connectivity index (χ0n) is 12.5. The summed E-state index contributed by atoms with van der Waals surface area (Å²) in [5.41, 5.74) is 1.60. The maximum absolute atomic E-state index is 12.5. The average Bonchev–Trinajstić information content (AvgIpc) is 3.35. The third kappa shape index (κ3) is 2.96. The standard InChI is InChI=1S/C16H16N4O2S/c21-14(10-3-4-10)19-16-18-12-5-7-20(9-13(12)23-16)15(22)11-2-1-6-17-8-11/h1-2,6,8,10H,3-5,7,9H2,(H,18,19,21). The van der Waals surface area contributed by atoms with Gasteiger partial charge in [-0.3, -0.25) is 14.6 Å². The van der Waals surface area contributed by atoms with Crippen LogP contribution in [0.1, 0.15) is 33.8 Å². The van der Waals surface area contributed by atoms with Crippen molar-refractivity contribution in [3.05, 3.63) is 40.7 Å². The molecule has 2 aromatic heterocycles. The highest BCUT2D eigenvalue weighted by molar-refractivity contribution is 7.15. The van der Waals surface area contributed by atoms with Crippen LogP contribution in [0.2, 0.25) is 0 Å². The summed E-state index contributed by atoms with van der Waals surface area (Å²) in [4.78, 5) is 35.7. The molecule has 1 aliphatic heterocycles. The number of fused-ring (bicyclic) bond motifs is 1. The lowest BCUT2D eigenvalue weighted by atomic mass is 10.1. The number of amides is 2. The fourth-order valence-electron chi connectivity index (χ4n) is 2.65. The summed E-state index contributed by atoms with van der Waals surface area (Å²) < 4.78 is 0. The molecule has 7 heteroatoms. The number of nitrogens with one attached hydrogen (secondary N) is 1. The van der Waals surface area contributed by atoms with Crippen LogP contribution in [-0.4, -0.2) is 33.2 Å². The number of thiazole rings is 1. The molecule has 0 saturated heterocycles. The predicted octanol–water partition coefficient (Wildman–Crippen LogP) is 2.09. The molecule has 0 unspecified atom stereocenters. The zero-order valence-corrected chi connectivity index (χ0v) is 13.3. The van der Waals surface area contributed by atoms with Crippen molar-refractivity contribution in [1.29, 1.82) is 0 Å². The Balaban J connectivity index is 1.47. The largest absolute Gasteiger partial charge is 0.333 e. The summed E-state index contributed by atoms with van der Waals surface area (Å²) in [5, 5.41) is 3.55. The van der Waals surface area contributed by atoms with Crippen LogP contribution in [0.5, 0.6) is 0 Å². The first-order valence-corrected chi connectivity index (χ1v) is 8.51. The summed E-state index contributed by atoms with van der Waals surface area (Å²) >= 11 is 1.47. The fraction of sp³-hybridized carbons (Fsp3) is 0.375. The summed E-state index contributed by atoms with van der Waals surface area (Å²) in [6.45, 7) is 1.18. The van der Waals surface area contributed by atoms with Gasteiger partial charge in [0.05, 0.1) is 17.8 Å². The smallest absolute Gasteiger partial charge is 0.255 e. The lowest BCUT2D eigenvalue weighted by molar-refractivity contribution is -0.117. The molecule has 0 spiro atoms. The molecule has 0 atom stereocenters. The van der Waals surface area contributed by atoms with Gasteiger partial charge in [-0.05, 0) is 25.0 Å². The van der Waals surface area contributed by atoms with E-state index < -0.39 is 0 Å². The first-order chi connectivity index (χ1) is 11.2. The average molecular weight is 328 g/mol. The Morgan fingerprint density at radius 3 is 2.96 bits per heavy atom. The predicted molar refractivity (Wildman–Crippen MR) is 86.1 cm³/mol. The highest BCUT2D eigenvalue weighted by Crippen LogP contribution is 2.33. The Bertz CT molecular complexity index is 755. The molecule has 118 valence electrons. The van der Waals surface area contributed by atoms with Gasteiger partial charge in [0.1, 0.15) is 0 Å². The number of rotatable bonds is 3. The third-order valence-electron chi connectivity index (χ3n) is 4.11. The van der Waals surface area contributed by atoms with Gasteiger partial charge in [-0.15, -0.1) is 0 Å². The van der Waals surface area contributed by atoms with Crippen molar-refractivity contribution >= 4 is 28.3 Å². The molecule has 6 nitrogen and oxygen atoms in total. The Morgan fingerprint density at radius 1 is 1.35 bits per heavy atom. The molecule has 4 rings (SSSR count). The normalized spacial score (nSPS) is 16.8. The van der Waals surface area contributed by atoms with Crippen LogP contribution in [0, 0.1) is 5.92 Å². The first-order valence-electron chi connectivity index (χ1n) is 7.69. The molecule has 1 aliphatic carbocycles. The quantitative estimate of drug-likeness (QED) is 0.936. The molecule has 1 saturated carbocycles. The molecule has 23 heavy (non-hydrogen) atoms. The van der Waals surface area contributed by atoms with Gasteiger partial charge >= 0.3 is 0 Å². The van der Waals surface area contributed by atoms with Crippen molar-refractivity contribution in [2.75, 3.05) is 11.9 Å². The van der Waals surface area contributed by atoms with E-state index in [1.54, 1.807) is 24.5 Å². The van der Waals surface area contributed by atoms with Crippen LogP contribution in [0.15, 0.2) is 24.5 Å². The molecule has 0 aromatic carbocycles. The second-order valence-electron chi connectivity index (χ2n) is 5.87. The summed E-state index contributed by atoms with van der Waals surface area (Å²) in [6.07, 6.45) is 5.92. The Hall–Kier alpha value is -2.28. The minimum Gasteiger partial charge on any atom is -0.333 e. The molecule has 1 fully saturated rings. The Labute approximate surface area is 137 Å². The van der Waals surface area contributed by atoms with Gasteiger partial charge in [0, 0.05) is 36.2 Å². The van der Waals surface area contributed by atoms with E-state index in [9.17, 15) is 9.59 Å². The van der Waals surface area contributed by atoms with Crippen molar-refractivity contribution in [1.82, 2.24) is 14.9 Å². The third-order valence-corrected chi connectivity index (χ3v) is 5.10. The first kappa shape index (κ1) is 14.3.